The zero-order chi connectivity index (χ0) is 15.3. The lowest BCUT2D eigenvalue weighted by Crippen LogP contribution is -2.42. The molecule has 0 spiro atoms. The maximum atomic E-state index is 10.0. The van der Waals surface area contributed by atoms with Gasteiger partial charge in [-0.25, -0.2) is 0 Å². The van der Waals surface area contributed by atoms with E-state index >= 15 is 0 Å². The summed E-state index contributed by atoms with van der Waals surface area (Å²) in [4.78, 5) is 0. The number of allylic oxidation sites excluding steroid dienone is 2. The normalized spacial score (nSPS) is 16.7. The van der Waals surface area contributed by atoms with Crippen LogP contribution >= 0.6 is 0 Å². The summed E-state index contributed by atoms with van der Waals surface area (Å²) >= 11 is 0. The van der Waals surface area contributed by atoms with E-state index in [2.05, 4.69) is 38.2 Å². The maximum Gasteiger partial charge on any atom is 0.126 e. The second-order valence-electron chi connectivity index (χ2n) is 6.71. The summed E-state index contributed by atoms with van der Waals surface area (Å²) in [5, 5.41) is 13.3. The van der Waals surface area contributed by atoms with Crippen LogP contribution in [0.1, 0.15) is 45.6 Å². The average molecular weight is 289 g/mol. The highest BCUT2D eigenvalue weighted by Crippen LogP contribution is 2.33. The van der Waals surface area contributed by atoms with Gasteiger partial charge in [-0.1, -0.05) is 24.3 Å². The second kappa shape index (κ2) is 7.10. The Balaban J connectivity index is 1.91. The molecule has 0 amide bonds. The predicted molar refractivity (Wildman–Crippen MR) is 87.5 cm³/mol. The van der Waals surface area contributed by atoms with E-state index < -0.39 is 6.10 Å². The molecule has 1 aromatic carbocycles. The minimum absolute atomic E-state index is 0.00749. The lowest BCUT2D eigenvalue weighted by molar-refractivity contribution is 0.0999. The van der Waals surface area contributed by atoms with Crippen LogP contribution in [0.25, 0.3) is 5.57 Å². The molecule has 0 heterocycles. The number of ether oxygens (including phenoxy) is 1. The van der Waals surface area contributed by atoms with E-state index in [1.54, 1.807) is 0 Å². The SMILES string of the molecule is CC(C)(C)NCC(O)COc1ccccc1C1=CCCC1. The molecular weight excluding hydrogens is 262 g/mol. The molecule has 0 fully saturated rings. The Hall–Kier alpha value is -1.32. The zero-order valence-corrected chi connectivity index (χ0v) is 13.4. The summed E-state index contributed by atoms with van der Waals surface area (Å²) in [5.74, 6) is 0.875. The molecule has 1 unspecified atom stereocenters. The first-order valence-electron chi connectivity index (χ1n) is 7.80. The average Bonchev–Trinajstić information content (AvgIpc) is 2.96. The van der Waals surface area contributed by atoms with E-state index in [-0.39, 0.29) is 5.54 Å². The van der Waals surface area contributed by atoms with Crippen molar-refractivity contribution in [2.45, 2.75) is 51.7 Å². The lowest BCUT2D eigenvalue weighted by Gasteiger charge is -2.23. The summed E-state index contributed by atoms with van der Waals surface area (Å²) < 4.78 is 5.85. The molecule has 0 saturated carbocycles. The number of hydrogen-bond donors (Lipinski definition) is 2. The smallest absolute Gasteiger partial charge is 0.126 e. The van der Waals surface area contributed by atoms with E-state index in [4.69, 9.17) is 4.74 Å². The third-order valence-corrected chi connectivity index (χ3v) is 3.57. The van der Waals surface area contributed by atoms with Crippen LogP contribution in [0.4, 0.5) is 0 Å². The molecule has 2 rings (SSSR count). The molecule has 3 heteroatoms. The Kier molecular flexibility index (Phi) is 5.43. The van der Waals surface area contributed by atoms with Gasteiger partial charge in [0.25, 0.3) is 0 Å². The quantitative estimate of drug-likeness (QED) is 0.843. The number of hydrogen-bond acceptors (Lipinski definition) is 3. The molecule has 116 valence electrons. The van der Waals surface area contributed by atoms with Gasteiger partial charge in [0.15, 0.2) is 0 Å². The fourth-order valence-electron chi connectivity index (χ4n) is 2.44. The van der Waals surface area contributed by atoms with Gasteiger partial charge >= 0.3 is 0 Å². The molecule has 0 bridgehead atoms. The van der Waals surface area contributed by atoms with Gasteiger partial charge in [0.1, 0.15) is 18.5 Å². The molecule has 0 aliphatic heterocycles. The van der Waals surface area contributed by atoms with Crippen molar-refractivity contribution in [3.63, 3.8) is 0 Å². The van der Waals surface area contributed by atoms with Crippen molar-refractivity contribution >= 4 is 5.57 Å². The Labute approximate surface area is 128 Å². The Morgan fingerprint density at radius 1 is 1.29 bits per heavy atom. The van der Waals surface area contributed by atoms with Crippen molar-refractivity contribution < 1.29 is 9.84 Å². The number of β-amino-alcohol motifs (C(OH)–C–C–N with tert-alkyl or cyclic N) is 1. The van der Waals surface area contributed by atoms with E-state index in [9.17, 15) is 5.11 Å². The minimum atomic E-state index is -0.505. The summed E-state index contributed by atoms with van der Waals surface area (Å²) in [6.45, 7) is 7.11. The molecule has 21 heavy (non-hydrogen) atoms. The number of benzene rings is 1. The first-order valence-corrected chi connectivity index (χ1v) is 7.80. The van der Waals surface area contributed by atoms with E-state index in [0.29, 0.717) is 13.2 Å². The Morgan fingerprint density at radius 2 is 2.05 bits per heavy atom. The van der Waals surface area contributed by atoms with Gasteiger partial charge in [0.05, 0.1) is 0 Å². The number of rotatable bonds is 6. The Bertz CT molecular complexity index is 488. The van der Waals surface area contributed by atoms with Gasteiger partial charge in [-0.3, -0.25) is 0 Å². The van der Waals surface area contributed by atoms with Crippen LogP contribution in [-0.2, 0) is 0 Å². The van der Waals surface area contributed by atoms with E-state index in [0.717, 1.165) is 18.6 Å². The summed E-state index contributed by atoms with van der Waals surface area (Å²) in [6, 6.07) is 8.11. The highest BCUT2D eigenvalue weighted by atomic mass is 16.5. The molecule has 3 nitrogen and oxygen atoms in total. The largest absolute Gasteiger partial charge is 0.490 e. The maximum absolute atomic E-state index is 10.0. The molecule has 1 atom stereocenters. The molecule has 0 saturated heterocycles. The number of aliphatic hydroxyl groups excluding tert-OH is 1. The third kappa shape index (κ3) is 5.18. The molecule has 1 aliphatic rings. The second-order valence-corrected chi connectivity index (χ2v) is 6.71. The van der Waals surface area contributed by atoms with Gasteiger partial charge in [-0.2, -0.15) is 0 Å². The molecule has 2 N–H and O–H groups in total. The van der Waals surface area contributed by atoms with E-state index in [1.807, 2.05) is 18.2 Å². The minimum Gasteiger partial charge on any atom is -0.490 e. The van der Waals surface area contributed by atoms with Crippen LogP contribution in [0.5, 0.6) is 5.75 Å². The van der Waals surface area contributed by atoms with Crippen LogP contribution in [0, 0.1) is 0 Å². The number of nitrogens with one attached hydrogen (secondary N) is 1. The molecular formula is C18H27NO2. The van der Waals surface area contributed by atoms with Crippen LogP contribution < -0.4 is 10.1 Å². The fourth-order valence-corrected chi connectivity index (χ4v) is 2.44. The van der Waals surface area contributed by atoms with Crippen molar-refractivity contribution in [3.05, 3.63) is 35.9 Å². The first kappa shape index (κ1) is 16.1. The number of aliphatic hydroxyl groups is 1. The van der Waals surface area contributed by atoms with Gasteiger partial charge < -0.3 is 15.2 Å². The lowest BCUT2D eigenvalue weighted by atomic mass is 10.0. The van der Waals surface area contributed by atoms with Gasteiger partial charge in [-0.05, 0) is 51.7 Å². The summed E-state index contributed by atoms with van der Waals surface area (Å²) in [5.41, 5.74) is 2.55. The van der Waals surface area contributed by atoms with Crippen molar-refractivity contribution in [2.75, 3.05) is 13.2 Å². The van der Waals surface area contributed by atoms with Crippen LogP contribution in [0.15, 0.2) is 30.3 Å². The molecule has 1 aromatic rings. The van der Waals surface area contributed by atoms with E-state index in [1.165, 1.54) is 17.6 Å². The predicted octanol–water partition coefficient (Wildman–Crippen LogP) is 3.38. The van der Waals surface area contributed by atoms with Gasteiger partial charge in [0, 0.05) is 17.6 Å². The standard InChI is InChI=1S/C18H27NO2/c1-18(2,3)19-12-15(20)13-21-17-11-7-6-10-16(17)14-8-4-5-9-14/h6-8,10-11,15,19-20H,4-5,9,12-13H2,1-3H3. The zero-order valence-electron chi connectivity index (χ0n) is 13.4. The van der Waals surface area contributed by atoms with Crippen molar-refractivity contribution in [3.8, 4) is 5.75 Å². The summed E-state index contributed by atoms with van der Waals surface area (Å²) in [6.07, 6.45) is 5.28. The van der Waals surface area contributed by atoms with Crippen molar-refractivity contribution in [2.24, 2.45) is 0 Å². The topological polar surface area (TPSA) is 41.5 Å². The molecule has 0 aromatic heterocycles. The fraction of sp³-hybridized carbons (Fsp3) is 0.556. The summed E-state index contributed by atoms with van der Waals surface area (Å²) in [7, 11) is 0. The highest BCUT2D eigenvalue weighted by molar-refractivity contribution is 5.71. The van der Waals surface area contributed by atoms with Gasteiger partial charge in [0.2, 0.25) is 0 Å². The van der Waals surface area contributed by atoms with Crippen LogP contribution in [0.2, 0.25) is 0 Å². The van der Waals surface area contributed by atoms with Crippen molar-refractivity contribution in [1.29, 1.82) is 0 Å². The molecule has 1 aliphatic carbocycles. The third-order valence-electron chi connectivity index (χ3n) is 3.57. The Morgan fingerprint density at radius 3 is 2.71 bits per heavy atom. The van der Waals surface area contributed by atoms with Crippen molar-refractivity contribution in [1.82, 2.24) is 5.32 Å². The van der Waals surface area contributed by atoms with Crippen LogP contribution in [0.3, 0.4) is 0 Å². The highest BCUT2D eigenvalue weighted by Gasteiger charge is 2.15. The first-order chi connectivity index (χ1) is 9.96. The molecule has 0 radical (unpaired) electrons. The van der Waals surface area contributed by atoms with Gasteiger partial charge in [-0.15, -0.1) is 0 Å². The van der Waals surface area contributed by atoms with Crippen LogP contribution in [-0.4, -0.2) is 29.9 Å². The number of para-hydroxylation sites is 1. The monoisotopic (exact) mass is 289 g/mol.